The van der Waals surface area contributed by atoms with Crippen LogP contribution in [0.25, 0.3) is 5.57 Å². The lowest BCUT2D eigenvalue weighted by Crippen LogP contribution is -2.26. The number of cyclic esters (lactones) is 1. The third kappa shape index (κ3) is 5.09. The standard InChI is InChI=1S/C23H20FN5O5S/c1-15-10-19(34-26-15)4-2-17-12-28(27-25-17)13-20-14-29(23(30)33-20)18-3-5-21(22(24)11-18)16-6-8-35(31,32)9-7-16/h3,5-6,10-12,20H,7-9,13-14H2,1H3. The van der Waals surface area contributed by atoms with E-state index in [0.29, 0.717) is 28.3 Å². The number of carbonyl (C=O) groups excluding carboxylic acids is 1. The number of amides is 1. The molecule has 1 unspecified atom stereocenters. The van der Waals surface area contributed by atoms with Gasteiger partial charge in [-0.15, -0.1) is 5.10 Å². The average molecular weight is 498 g/mol. The number of aromatic nitrogens is 4. The van der Waals surface area contributed by atoms with E-state index >= 15 is 0 Å². The third-order valence-corrected chi connectivity index (χ3v) is 7.12. The minimum atomic E-state index is -3.10. The maximum absolute atomic E-state index is 14.8. The van der Waals surface area contributed by atoms with Gasteiger partial charge in [-0.2, -0.15) is 0 Å². The van der Waals surface area contributed by atoms with Gasteiger partial charge in [0.25, 0.3) is 0 Å². The van der Waals surface area contributed by atoms with Crippen molar-refractivity contribution in [2.24, 2.45) is 0 Å². The molecule has 1 aromatic carbocycles. The van der Waals surface area contributed by atoms with E-state index in [0.717, 1.165) is 5.69 Å². The summed E-state index contributed by atoms with van der Waals surface area (Å²) in [6.45, 7) is 2.25. The molecule has 2 aromatic heterocycles. The van der Waals surface area contributed by atoms with E-state index in [1.165, 1.54) is 15.6 Å². The Kier molecular flexibility index (Phi) is 5.86. The first-order valence-electron chi connectivity index (χ1n) is 10.8. The molecule has 0 saturated carbocycles. The molecule has 180 valence electrons. The molecule has 5 rings (SSSR count). The first-order chi connectivity index (χ1) is 16.8. The molecule has 12 heteroatoms. The van der Waals surface area contributed by atoms with Gasteiger partial charge in [-0.1, -0.05) is 16.4 Å². The lowest BCUT2D eigenvalue weighted by Gasteiger charge is -2.17. The summed E-state index contributed by atoms with van der Waals surface area (Å²) in [5.41, 5.74) is 2.48. The summed E-state index contributed by atoms with van der Waals surface area (Å²) in [7, 11) is -3.10. The molecule has 2 aliphatic heterocycles. The van der Waals surface area contributed by atoms with E-state index in [4.69, 9.17) is 9.26 Å². The predicted molar refractivity (Wildman–Crippen MR) is 123 cm³/mol. The van der Waals surface area contributed by atoms with Crippen molar-refractivity contribution in [1.82, 2.24) is 20.2 Å². The summed E-state index contributed by atoms with van der Waals surface area (Å²) in [5.74, 6) is 5.43. The van der Waals surface area contributed by atoms with Gasteiger partial charge in [0.2, 0.25) is 5.76 Å². The molecular weight excluding hydrogens is 477 g/mol. The molecule has 10 nitrogen and oxygen atoms in total. The topological polar surface area (TPSA) is 120 Å². The van der Waals surface area contributed by atoms with Crippen LogP contribution in [0.1, 0.15) is 29.1 Å². The van der Waals surface area contributed by atoms with Crippen molar-refractivity contribution in [3.8, 4) is 11.8 Å². The molecule has 2 aliphatic rings. The lowest BCUT2D eigenvalue weighted by molar-refractivity contribution is 0.129. The number of hydrogen-bond donors (Lipinski definition) is 0. The summed E-state index contributed by atoms with van der Waals surface area (Å²) < 4.78 is 50.0. The second-order valence-electron chi connectivity index (χ2n) is 8.28. The van der Waals surface area contributed by atoms with E-state index in [-0.39, 0.29) is 31.0 Å². The summed E-state index contributed by atoms with van der Waals surface area (Å²) in [5, 5.41) is 11.7. The molecular formula is C23H20FN5O5S. The number of sulfone groups is 1. The van der Waals surface area contributed by atoms with Gasteiger partial charge in [0.05, 0.1) is 42.2 Å². The summed E-state index contributed by atoms with van der Waals surface area (Å²) in [6.07, 6.45) is 2.32. The maximum Gasteiger partial charge on any atom is 0.414 e. The Morgan fingerprint density at radius 3 is 2.83 bits per heavy atom. The van der Waals surface area contributed by atoms with Gasteiger partial charge in [0, 0.05) is 11.6 Å². The molecule has 35 heavy (non-hydrogen) atoms. The van der Waals surface area contributed by atoms with Crippen LogP contribution in [0, 0.1) is 24.6 Å². The Morgan fingerprint density at radius 2 is 2.11 bits per heavy atom. The zero-order chi connectivity index (χ0) is 24.6. The molecule has 0 bridgehead atoms. The molecule has 0 aliphatic carbocycles. The quantitative estimate of drug-likeness (QED) is 0.504. The minimum absolute atomic E-state index is 0.00450. The van der Waals surface area contributed by atoms with Crippen LogP contribution in [0.4, 0.5) is 14.9 Å². The lowest BCUT2D eigenvalue weighted by atomic mass is 10.0. The number of nitrogens with zero attached hydrogens (tertiary/aromatic N) is 5. The molecule has 1 fully saturated rings. The van der Waals surface area contributed by atoms with Crippen LogP contribution in [-0.4, -0.2) is 58.8 Å². The van der Waals surface area contributed by atoms with Crippen LogP contribution >= 0.6 is 0 Å². The fraction of sp³-hybridized carbons (Fsp3) is 0.304. The van der Waals surface area contributed by atoms with Gasteiger partial charge < -0.3 is 9.26 Å². The number of rotatable bonds is 4. The Bertz CT molecular complexity index is 1500. The van der Waals surface area contributed by atoms with Crippen LogP contribution in [0.3, 0.4) is 0 Å². The first kappa shape index (κ1) is 22.8. The second kappa shape index (κ2) is 8.99. The van der Waals surface area contributed by atoms with Crippen LogP contribution in [0.15, 0.2) is 41.1 Å². The van der Waals surface area contributed by atoms with Crippen molar-refractivity contribution in [3.05, 3.63) is 65.1 Å². The summed E-state index contributed by atoms with van der Waals surface area (Å²) in [4.78, 5) is 13.8. The second-order valence-corrected chi connectivity index (χ2v) is 10.5. The highest BCUT2D eigenvalue weighted by molar-refractivity contribution is 7.91. The van der Waals surface area contributed by atoms with Gasteiger partial charge in [-0.05, 0) is 49.0 Å². The smallest absolute Gasteiger partial charge is 0.414 e. The molecule has 1 saturated heterocycles. The Balaban J connectivity index is 1.24. The highest BCUT2D eigenvalue weighted by atomic mass is 32.2. The predicted octanol–water partition coefficient (Wildman–Crippen LogP) is 2.34. The molecule has 4 heterocycles. The Hall–Kier alpha value is -3.98. The molecule has 0 spiro atoms. The zero-order valence-electron chi connectivity index (χ0n) is 18.6. The number of anilines is 1. The van der Waals surface area contributed by atoms with Crippen LogP contribution in [0.5, 0.6) is 0 Å². The van der Waals surface area contributed by atoms with Gasteiger partial charge in [-0.25, -0.2) is 22.3 Å². The average Bonchev–Trinajstić information content (AvgIpc) is 3.53. The number of carbonyl (C=O) groups is 1. The van der Waals surface area contributed by atoms with Crippen molar-refractivity contribution in [1.29, 1.82) is 0 Å². The van der Waals surface area contributed by atoms with E-state index in [2.05, 4.69) is 27.3 Å². The van der Waals surface area contributed by atoms with Gasteiger partial charge in [-0.3, -0.25) is 4.90 Å². The molecule has 0 N–H and O–H groups in total. The molecule has 1 amide bonds. The number of hydrogen-bond acceptors (Lipinski definition) is 8. The van der Waals surface area contributed by atoms with Crippen molar-refractivity contribution < 1.29 is 26.9 Å². The summed E-state index contributed by atoms with van der Waals surface area (Å²) in [6, 6.07) is 6.15. The van der Waals surface area contributed by atoms with Crippen molar-refractivity contribution in [2.45, 2.75) is 26.0 Å². The number of benzene rings is 1. The van der Waals surface area contributed by atoms with E-state index in [1.54, 1.807) is 37.4 Å². The van der Waals surface area contributed by atoms with Gasteiger partial charge >= 0.3 is 6.09 Å². The molecule has 3 aromatic rings. The fourth-order valence-corrected chi connectivity index (χ4v) is 5.04. The van der Waals surface area contributed by atoms with Crippen LogP contribution in [-0.2, 0) is 21.1 Å². The Morgan fingerprint density at radius 1 is 1.26 bits per heavy atom. The number of allylic oxidation sites excluding steroid dienone is 1. The van der Waals surface area contributed by atoms with Gasteiger partial charge in [0.15, 0.2) is 15.5 Å². The monoisotopic (exact) mass is 497 g/mol. The SMILES string of the molecule is Cc1cc(C#Cc2cn(CC3CN(c4ccc(C5=CCS(=O)(=O)CC5)c(F)c4)C(=O)O3)nn2)on1. The number of ether oxygens (including phenoxy) is 1. The Labute approximate surface area is 200 Å². The fourth-order valence-electron chi connectivity index (χ4n) is 3.88. The maximum atomic E-state index is 14.8. The van der Waals surface area contributed by atoms with E-state index in [9.17, 15) is 17.6 Å². The largest absolute Gasteiger partial charge is 0.442 e. The minimum Gasteiger partial charge on any atom is -0.442 e. The number of aryl methyl sites for hydroxylation is 1. The van der Waals surface area contributed by atoms with Gasteiger partial charge in [0.1, 0.15) is 11.9 Å². The van der Waals surface area contributed by atoms with Crippen molar-refractivity contribution >= 4 is 27.2 Å². The van der Waals surface area contributed by atoms with Crippen molar-refractivity contribution in [3.63, 3.8) is 0 Å². The summed E-state index contributed by atoms with van der Waals surface area (Å²) >= 11 is 0. The van der Waals surface area contributed by atoms with E-state index in [1.807, 2.05) is 0 Å². The van der Waals surface area contributed by atoms with Crippen LogP contribution in [0.2, 0.25) is 0 Å². The first-order valence-corrected chi connectivity index (χ1v) is 12.6. The normalized spacial score (nSPS) is 19.1. The van der Waals surface area contributed by atoms with Crippen molar-refractivity contribution in [2.75, 3.05) is 23.0 Å². The highest BCUT2D eigenvalue weighted by Crippen LogP contribution is 2.30. The number of halogens is 1. The third-order valence-electron chi connectivity index (χ3n) is 5.62. The highest BCUT2D eigenvalue weighted by Gasteiger charge is 2.33. The van der Waals surface area contributed by atoms with E-state index < -0.39 is 27.9 Å². The van der Waals surface area contributed by atoms with Crippen LogP contribution < -0.4 is 4.90 Å². The zero-order valence-corrected chi connectivity index (χ0v) is 19.5. The molecule has 1 atom stereocenters. The molecule has 0 radical (unpaired) electrons.